The van der Waals surface area contributed by atoms with Gasteiger partial charge in [-0.05, 0) is 25.2 Å². The predicted molar refractivity (Wildman–Crippen MR) is 74.2 cm³/mol. The number of esters is 1. The molecule has 1 unspecified atom stereocenters. The van der Waals surface area contributed by atoms with Crippen LogP contribution in [0.4, 0.5) is 0 Å². The van der Waals surface area contributed by atoms with E-state index in [9.17, 15) is 18.0 Å². The van der Waals surface area contributed by atoms with Crippen molar-refractivity contribution in [3.8, 4) is 0 Å². The predicted octanol–water partition coefficient (Wildman–Crippen LogP) is 1.19. The van der Waals surface area contributed by atoms with Crippen LogP contribution in [0, 0.1) is 17.8 Å². The number of carbonyl (C=O) groups is 2. The third kappa shape index (κ3) is 1.91. The van der Waals surface area contributed by atoms with Gasteiger partial charge in [-0.25, -0.2) is 8.42 Å². The molecule has 114 valence electrons. The van der Waals surface area contributed by atoms with Crippen LogP contribution in [-0.4, -0.2) is 43.2 Å². The number of methoxy groups -OCH3 is 1. The molecule has 0 radical (unpaired) electrons. The second-order valence-corrected chi connectivity index (χ2v) is 8.79. The van der Waals surface area contributed by atoms with E-state index < -0.39 is 37.6 Å². The summed E-state index contributed by atoms with van der Waals surface area (Å²) in [6, 6.07) is 0. The highest BCUT2D eigenvalue weighted by atomic mass is 35.5. The summed E-state index contributed by atoms with van der Waals surface area (Å²) in [5, 5.41) is -1.29. The molecule has 0 aromatic rings. The molecule has 1 aliphatic heterocycles. The summed E-state index contributed by atoms with van der Waals surface area (Å²) >= 11 is 5.91. The zero-order chi connectivity index (χ0) is 15.3. The molecule has 7 heteroatoms. The highest BCUT2D eigenvalue weighted by Crippen LogP contribution is 2.51. The van der Waals surface area contributed by atoms with Crippen molar-refractivity contribution >= 4 is 33.2 Å². The third-order valence-electron chi connectivity index (χ3n) is 5.09. The number of sulfone groups is 1. The van der Waals surface area contributed by atoms with Crippen molar-refractivity contribution in [2.75, 3.05) is 13.0 Å². The molecule has 2 fully saturated rings. The first kappa shape index (κ1) is 15.8. The number of halogens is 1. The van der Waals surface area contributed by atoms with E-state index in [1.807, 2.05) is 0 Å². The van der Waals surface area contributed by atoms with Crippen LogP contribution < -0.4 is 0 Å². The minimum absolute atomic E-state index is 0.00592. The Kier molecular flexibility index (Phi) is 3.93. The van der Waals surface area contributed by atoms with Crippen LogP contribution in [-0.2, 0) is 24.2 Å². The van der Waals surface area contributed by atoms with Crippen LogP contribution in [0.1, 0.15) is 26.7 Å². The van der Waals surface area contributed by atoms with Gasteiger partial charge in [-0.15, -0.1) is 11.6 Å². The standard InChI is InChI=1S/C13H19ClO5S/c1-7-9-4-8(5-10(7)15)13(2,6-14)20(17,18)11(9)12(16)19-3/h7-9,11H,4-6H2,1-3H3/t7-,8+,9-,11+,13?/m0/s1. The van der Waals surface area contributed by atoms with E-state index in [4.69, 9.17) is 11.6 Å². The fourth-order valence-corrected chi connectivity index (χ4v) is 6.70. The first-order valence-electron chi connectivity index (χ1n) is 6.60. The van der Waals surface area contributed by atoms with E-state index in [1.165, 1.54) is 6.92 Å². The van der Waals surface area contributed by atoms with Crippen molar-refractivity contribution in [2.24, 2.45) is 17.8 Å². The zero-order valence-corrected chi connectivity index (χ0v) is 13.3. The molecule has 2 rings (SSSR count). The van der Waals surface area contributed by atoms with Gasteiger partial charge in [0.2, 0.25) is 0 Å². The van der Waals surface area contributed by atoms with Crippen molar-refractivity contribution in [2.45, 2.75) is 36.7 Å². The first-order chi connectivity index (χ1) is 9.20. The molecule has 5 atom stereocenters. The highest BCUT2D eigenvalue weighted by molar-refractivity contribution is 7.94. The largest absolute Gasteiger partial charge is 0.468 e. The normalized spacial score (nSPS) is 43.1. The molecule has 0 aromatic heterocycles. The lowest BCUT2D eigenvalue weighted by Gasteiger charge is -2.50. The van der Waals surface area contributed by atoms with Gasteiger partial charge in [0.15, 0.2) is 15.1 Å². The number of ether oxygens (including phenoxy) is 1. The van der Waals surface area contributed by atoms with Gasteiger partial charge in [0.1, 0.15) is 5.78 Å². The zero-order valence-electron chi connectivity index (χ0n) is 11.8. The van der Waals surface area contributed by atoms with Crippen molar-refractivity contribution in [1.82, 2.24) is 0 Å². The van der Waals surface area contributed by atoms with Crippen molar-refractivity contribution < 1.29 is 22.7 Å². The van der Waals surface area contributed by atoms with E-state index >= 15 is 0 Å². The highest BCUT2D eigenvalue weighted by Gasteiger charge is 2.62. The van der Waals surface area contributed by atoms with Gasteiger partial charge in [-0.2, -0.15) is 0 Å². The molecule has 1 aliphatic carbocycles. The average molecular weight is 323 g/mol. The fraction of sp³-hybridized carbons (Fsp3) is 0.846. The number of ketones is 1. The van der Waals surface area contributed by atoms with Crippen molar-refractivity contribution in [1.29, 1.82) is 0 Å². The van der Waals surface area contributed by atoms with Gasteiger partial charge in [0, 0.05) is 18.2 Å². The number of alkyl halides is 1. The van der Waals surface area contributed by atoms with E-state index in [-0.39, 0.29) is 24.0 Å². The van der Waals surface area contributed by atoms with Gasteiger partial charge < -0.3 is 4.74 Å². The number of Topliss-reactive ketones (excluding diaryl/α,β-unsaturated/α-hetero) is 1. The Bertz CT molecular complexity index is 543. The molecule has 20 heavy (non-hydrogen) atoms. The molecule has 2 aliphatic rings. The Morgan fingerprint density at radius 2 is 2.10 bits per heavy atom. The van der Waals surface area contributed by atoms with Crippen LogP contribution in [0.2, 0.25) is 0 Å². The van der Waals surface area contributed by atoms with Crippen LogP contribution in [0.5, 0.6) is 0 Å². The smallest absolute Gasteiger partial charge is 0.324 e. The molecular weight excluding hydrogens is 304 g/mol. The molecule has 0 amide bonds. The minimum Gasteiger partial charge on any atom is -0.468 e. The lowest BCUT2D eigenvalue weighted by atomic mass is 9.68. The molecular formula is C13H19ClO5S. The summed E-state index contributed by atoms with van der Waals surface area (Å²) in [6.07, 6.45) is 0.739. The van der Waals surface area contributed by atoms with E-state index in [0.717, 1.165) is 7.11 Å². The average Bonchev–Trinajstić information content (AvgIpc) is 2.40. The van der Waals surface area contributed by atoms with Crippen LogP contribution >= 0.6 is 11.6 Å². The fourth-order valence-electron chi connectivity index (χ4n) is 3.49. The number of carbonyl (C=O) groups excluding carboxylic acids is 2. The first-order valence-corrected chi connectivity index (χ1v) is 8.68. The summed E-state index contributed by atoms with van der Waals surface area (Å²) in [5.74, 6) is -2.17. The number of fused-ring (bicyclic) bond motifs is 2. The van der Waals surface area contributed by atoms with Gasteiger partial charge in [0.05, 0.1) is 11.9 Å². The van der Waals surface area contributed by atoms with Gasteiger partial charge in [-0.1, -0.05) is 6.92 Å². The Morgan fingerprint density at radius 3 is 2.60 bits per heavy atom. The lowest BCUT2D eigenvalue weighted by molar-refractivity contribution is -0.143. The third-order valence-corrected chi connectivity index (χ3v) is 8.79. The topological polar surface area (TPSA) is 77.5 Å². The summed E-state index contributed by atoms with van der Waals surface area (Å²) in [6.45, 7) is 3.23. The molecule has 0 aromatic carbocycles. The molecule has 1 heterocycles. The number of rotatable bonds is 2. The van der Waals surface area contributed by atoms with Gasteiger partial charge in [0.25, 0.3) is 0 Å². The van der Waals surface area contributed by atoms with Crippen LogP contribution in [0.3, 0.4) is 0 Å². The van der Waals surface area contributed by atoms with E-state index in [0.29, 0.717) is 6.42 Å². The van der Waals surface area contributed by atoms with Crippen molar-refractivity contribution in [3.05, 3.63) is 0 Å². The van der Waals surface area contributed by atoms with E-state index in [2.05, 4.69) is 4.74 Å². The molecule has 0 N–H and O–H groups in total. The molecule has 1 saturated carbocycles. The Labute approximate surface area is 123 Å². The second kappa shape index (κ2) is 4.98. The maximum atomic E-state index is 12.8. The summed E-state index contributed by atoms with van der Waals surface area (Å²) < 4.78 is 29.1. The Balaban J connectivity index is 2.60. The maximum absolute atomic E-state index is 12.8. The van der Waals surface area contributed by atoms with Gasteiger partial charge in [-0.3, -0.25) is 9.59 Å². The maximum Gasteiger partial charge on any atom is 0.324 e. The monoisotopic (exact) mass is 322 g/mol. The Morgan fingerprint density at radius 1 is 1.50 bits per heavy atom. The van der Waals surface area contributed by atoms with Crippen LogP contribution in [0.15, 0.2) is 0 Å². The Hall–Kier alpha value is -0.620. The molecule has 1 saturated heterocycles. The number of hydrogen-bond donors (Lipinski definition) is 0. The minimum atomic E-state index is -3.80. The second-order valence-electron chi connectivity index (χ2n) is 5.99. The molecule has 0 spiro atoms. The molecule has 5 nitrogen and oxygen atoms in total. The van der Waals surface area contributed by atoms with Gasteiger partial charge >= 0.3 is 5.97 Å². The number of hydrogen-bond acceptors (Lipinski definition) is 5. The van der Waals surface area contributed by atoms with E-state index in [1.54, 1.807) is 6.92 Å². The SMILES string of the molecule is COC(=O)[C@H]1[C@H]2C[C@H](CC(=O)[C@H]2C)C(C)(CCl)S1(=O)=O. The summed E-state index contributed by atoms with van der Waals surface area (Å²) in [4.78, 5) is 24.1. The summed E-state index contributed by atoms with van der Waals surface area (Å²) in [7, 11) is -2.64. The lowest BCUT2D eigenvalue weighted by Crippen LogP contribution is -2.63. The molecule has 2 bridgehead atoms. The van der Waals surface area contributed by atoms with Crippen molar-refractivity contribution in [3.63, 3.8) is 0 Å². The van der Waals surface area contributed by atoms with Crippen LogP contribution in [0.25, 0.3) is 0 Å². The summed E-state index contributed by atoms with van der Waals surface area (Å²) in [5.41, 5.74) is 0. The quantitative estimate of drug-likeness (QED) is 0.563.